The summed E-state index contributed by atoms with van der Waals surface area (Å²) in [7, 11) is 0. The predicted octanol–water partition coefficient (Wildman–Crippen LogP) is 3.87. The molecule has 10 nitrogen and oxygen atoms in total. The number of nitrogens with one attached hydrogen (secondary N) is 2. The van der Waals surface area contributed by atoms with E-state index in [1.54, 1.807) is 23.1 Å². The van der Waals surface area contributed by atoms with Gasteiger partial charge >= 0.3 is 0 Å². The lowest BCUT2D eigenvalue weighted by Gasteiger charge is -2.16. The van der Waals surface area contributed by atoms with Gasteiger partial charge in [0.15, 0.2) is 0 Å². The maximum Gasteiger partial charge on any atom is 0.229 e. The second kappa shape index (κ2) is 8.60. The third-order valence-electron chi connectivity index (χ3n) is 4.70. The Hall–Kier alpha value is -4.05. The van der Waals surface area contributed by atoms with Crippen LogP contribution in [0.2, 0.25) is 5.02 Å². The Balaban J connectivity index is 1.30. The molecule has 5 rings (SSSR count). The molecule has 160 valence electrons. The molecule has 0 amide bonds. The number of hydrogen-bond donors (Lipinski definition) is 2. The number of para-hydroxylation sites is 2. The van der Waals surface area contributed by atoms with Crippen molar-refractivity contribution in [3.8, 4) is 16.9 Å². The first-order chi connectivity index (χ1) is 15.6. The second-order valence-corrected chi connectivity index (χ2v) is 7.54. The maximum atomic E-state index is 6.33. The minimum atomic E-state index is -0.183. The fraction of sp³-hybridized carbons (Fsp3) is 0.143. The number of nitrogens with zero attached hydrogens (tertiary/aromatic N) is 7. The predicted molar refractivity (Wildman–Crippen MR) is 120 cm³/mol. The lowest BCUT2D eigenvalue weighted by molar-refractivity contribution is 0.193. The van der Waals surface area contributed by atoms with Crippen molar-refractivity contribution in [1.29, 1.82) is 0 Å². The molecule has 2 N–H and O–H groups in total. The number of H-pyrrole nitrogens is 1. The summed E-state index contributed by atoms with van der Waals surface area (Å²) in [6.07, 6.45) is 4.82. The summed E-state index contributed by atoms with van der Waals surface area (Å²) in [6.45, 7) is 2.42. The summed E-state index contributed by atoms with van der Waals surface area (Å²) in [5, 5.41) is 14.7. The van der Waals surface area contributed by atoms with Gasteiger partial charge in [0, 0.05) is 18.0 Å². The number of fused-ring (bicyclic) bond motifs is 1. The zero-order valence-electron chi connectivity index (χ0n) is 17.0. The quantitative estimate of drug-likeness (QED) is 0.386. The van der Waals surface area contributed by atoms with Crippen LogP contribution in [0.15, 0.2) is 61.2 Å². The maximum absolute atomic E-state index is 6.33. The lowest BCUT2D eigenvalue weighted by Crippen LogP contribution is -2.20. The Morgan fingerprint density at radius 1 is 1.12 bits per heavy atom. The van der Waals surface area contributed by atoms with E-state index in [9.17, 15) is 0 Å². The van der Waals surface area contributed by atoms with Gasteiger partial charge in [0.25, 0.3) is 0 Å². The van der Waals surface area contributed by atoms with E-state index in [0.29, 0.717) is 29.2 Å². The topological polar surface area (TPSA) is 119 Å². The van der Waals surface area contributed by atoms with E-state index in [4.69, 9.17) is 16.3 Å². The Morgan fingerprint density at radius 3 is 2.75 bits per heavy atom. The molecule has 5 aromatic rings. The van der Waals surface area contributed by atoms with Gasteiger partial charge in [-0.3, -0.25) is 5.32 Å². The van der Waals surface area contributed by atoms with Crippen LogP contribution in [0.3, 0.4) is 0 Å². The van der Waals surface area contributed by atoms with Crippen LogP contribution in [0.25, 0.3) is 22.2 Å². The average molecular weight is 448 g/mol. The highest BCUT2D eigenvalue weighted by Gasteiger charge is 2.12. The molecule has 11 heteroatoms. The van der Waals surface area contributed by atoms with Crippen LogP contribution in [-0.2, 0) is 6.54 Å². The van der Waals surface area contributed by atoms with Crippen molar-refractivity contribution in [1.82, 2.24) is 40.1 Å². The van der Waals surface area contributed by atoms with Gasteiger partial charge in [0.05, 0.1) is 22.6 Å². The molecule has 3 aromatic heterocycles. The number of anilines is 2. The number of halogens is 1. The van der Waals surface area contributed by atoms with Gasteiger partial charge in [0.2, 0.25) is 11.9 Å². The van der Waals surface area contributed by atoms with Crippen molar-refractivity contribution in [2.75, 3.05) is 5.32 Å². The molecule has 0 unspecified atom stereocenters. The smallest absolute Gasteiger partial charge is 0.229 e. The molecule has 0 aliphatic heterocycles. The fourth-order valence-electron chi connectivity index (χ4n) is 3.21. The Kier molecular flexibility index (Phi) is 5.34. The van der Waals surface area contributed by atoms with Crippen molar-refractivity contribution in [2.45, 2.75) is 19.6 Å². The molecule has 2 aromatic carbocycles. The van der Waals surface area contributed by atoms with Gasteiger partial charge < -0.3 is 9.72 Å². The highest BCUT2D eigenvalue weighted by molar-refractivity contribution is 6.32. The van der Waals surface area contributed by atoms with Crippen molar-refractivity contribution >= 4 is 34.5 Å². The van der Waals surface area contributed by atoms with E-state index in [1.165, 1.54) is 6.33 Å². The Morgan fingerprint density at radius 2 is 1.97 bits per heavy atom. The van der Waals surface area contributed by atoms with Gasteiger partial charge in [-0.1, -0.05) is 29.8 Å². The van der Waals surface area contributed by atoms with Crippen molar-refractivity contribution < 1.29 is 4.74 Å². The largest absolute Gasteiger partial charge is 0.487 e. The summed E-state index contributed by atoms with van der Waals surface area (Å²) in [5.74, 6) is 1.58. The van der Waals surface area contributed by atoms with Crippen LogP contribution >= 0.6 is 11.6 Å². The Bertz CT molecular complexity index is 1300. The van der Waals surface area contributed by atoms with Crippen molar-refractivity contribution in [3.05, 3.63) is 66.2 Å². The number of rotatable bonds is 7. The van der Waals surface area contributed by atoms with Crippen molar-refractivity contribution in [3.63, 3.8) is 0 Å². The van der Waals surface area contributed by atoms with Gasteiger partial charge in [-0.2, -0.15) is 0 Å². The first kappa shape index (κ1) is 19.9. The molecular weight excluding hydrogens is 430 g/mol. The average Bonchev–Trinajstić information content (AvgIpc) is 3.45. The van der Waals surface area contributed by atoms with Crippen LogP contribution < -0.4 is 10.1 Å². The Labute approximate surface area is 187 Å². The summed E-state index contributed by atoms with van der Waals surface area (Å²) in [4.78, 5) is 16.5. The number of imidazole rings is 1. The molecule has 0 spiro atoms. The molecule has 0 aliphatic rings. The van der Waals surface area contributed by atoms with Crippen LogP contribution in [0.4, 0.5) is 11.9 Å². The van der Waals surface area contributed by atoms with Gasteiger partial charge in [-0.15, -0.1) is 5.10 Å². The molecule has 0 saturated heterocycles. The molecule has 1 atom stereocenters. The van der Waals surface area contributed by atoms with E-state index in [-0.39, 0.29) is 6.10 Å². The third-order valence-corrected chi connectivity index (χ3v) is 5.01. The summed E-state index contributed by atoms with van der Waals surface area (Å²) >= 11 is 6.33. The van der Waals surface area contributed by atoms with Gasteiger partial charge in [-0.05, 0) is 47.2 Å². The van der Waals surface area contributed by atoms with Crippen LogP contribution in [0, 0.1) is 0 Å². The number of hydrogen-bond acceptors (Lipinski definition) is 8. The zero-order valence-corrected chi connectivity index (χ0v) is 17.7. The minimum Gasteiger partial charge on any atom is -0.487 e. The fourth-order valence-corrected chi connectivity index (χ4v) is 3.38. The molecule has 0 bridgehead atoms. The van der Waals surface area contributed by atoms with E-state index in [2.05, 4.69) is 40.8 Å². The molecule has 32 heavy (non-hydrogen) atoms. The molecule has 0 fully saturated rings. The van der Waals surface area contributed by atoms with E-state index in [0.717, 1.165) is 22.2 Å². The summed E-state index contributed by atoms with van der Waals surface area (Å²) in [5.41, 5.74) is 3.52. The number of benzene rings is 2. The number of ether oxygens (including phenoxy) is 1. The first-order valence-electron chi connectivity index (χ1n) is 9.85. The van der Waals surface area contributed by atoms with E-state index in [1.807, 2.05) is 43.3 Å². The zero-order chi connectivity index (χ0) is 21.9. The normalized spacial score (nSPS) is 12.1. The van der Waals surface area contributed by atoms with Crippen LogP contribution in [-0.4, -0.2) is 46.2 Å². The highest BCUT2D eigenvalue weighted by atomic mass is 35.5. The highest BCUT2D eigenvalue weighted by Crippen LogP contribution is 2.31. The number of aromatic nitrogens is 8. The third kappa shape index (κ3) is 4.35. The molecule has 0 radical (unpaired) electrons. The molecule has 3 heterocycles. The van der Waals surface area contributed by atoms with Crippen LogP contribution in [0.1, 0.15) is 6.92 Å². The lowest BCUT2D eigenvalue weighted by atomic mass is 10.1. The SMILES string of the molecule is C[C@@H](Cn1cnnn1)Oc1cc(-c2cnc(Nc3nc4ccccc4[nH]3)nc2)ccc1Cl. The molecular formula is C21H18ClN9O. The molecule has 0 aliphatic carbocycles. The molecule has 0 saturated carbocycles. The second-order valence-electron chi connectivity index (χ2n) is 7.13. The standard InChI is InChI=1S/C21H18ClN9O/c1-13(11-31-12-25-29-30-31)32-19-8-14(6-7-16(19)22)15-9-23-20(24-10-15)28-21-26-17-4-2-3-5-18(17)27-21/h2-10,12-13H,11H2,1H3,(H2,23,24,26,27,28)/t13-/m0/s1. The van der Waals surface area contributed by atoms with Crippen molar-refractivity contribution in [2.24, 2.45) is 0 Å². The number of tetrazole rings is 1. The van der Waals surface area contributed by atoms with E-state index >= 15 is 0 Å². The monoisotopic (exact) mass is 447 g/mol. The number of aromatic amines is 1. The van der Waals surface area contributed by atoms with Crippen LogP contribution in [0.5, 0.6) is 5.75 Å². The summed E-state index contributed by atoms with van der Waals surface area (Å²) in [6, 6.07) is 13.3. The summed E-state index contributed by atoms with van der Waals surface area (Å²) < 4.78 is 7.60. The van der Waals surface area contributed by atoms with E-state index < -0.39 is 0 Å². The van der Waals surface area contributed by atoms with Gasteiger partial charge in [-0.25, -0.2) is 19.6 Å². The minimum absolute atomic E-state index is 0.183. The van der Waals surface area contributed by atoms with Gasteiger partial charge in [0.1, 0.15) is 18.2 Å². The first-order valence-corrected chi connectivity index (χ1v) is 10.2.